The van der Waals surface area contributed by atoms with Gasteiger partial charge in [-0.15, -0.1) is 0 Å². The van der Waals surface area contributed by atoms with Gasteiger partial charge in [0.1, 0.15) is 5.75 Å². The van der Waals surface area contributed by atoms with Crippen molar-refractivity contribution >= 4 is 5.82 Å². The van der Waals surface area contributed by atoms with Crippen molar-refractivity contribution in [3.05, 3.63) is 18.1 Å². The zero-order valence-corrected chi connectivity index (χ0v) is 4.50. The van der Waals surface area contributed by atoms with E-state index in [9.17, 15) is 4.39 Å². The van der Waals surface area contributed by atoms with Gasteiger partial charge in [-0.05, 0) is 0 Å². The minimum atomic E-state index is -0.699. The molecule has 1 rings (SSSR count). The van der Waals surface area contributed by atoms with E-state index in [1.807, 2.05) is 0 Å². The summed E-state index contributed by atoms with van der Waals surface area (Å²) in [5.41, 5.74) is 4.99. The highest BCUT2D eigenvalue weighted by Crippen LogP contribution is 2.11. The monoisotopic (exact) mass is 128 g/mol. The molecule has 3 N–H and O–H groups in total. The predicted molar refractivity (Wildman–Crippen MR) is 30.3 cm³/mol. The molecule has 0 unspecified atom stereocenters. The van der Waals surface area contributed by atoms with E-state index in [0.29, 0.717) is 0 Å². The molecule has 0 radical (unpaired) electrons. The standard InChI is InChI=1S/C5H5FN2O/c6-4-1-3(9)2-8-5(4)7/h1-2,9H,(H2,7,8). The molecule has 0 spiro atoms. The van der Waals surface area contributed by atoms with Crippen molar-refractivity contribution in [2.75, 3.05) is 5.73 Å². The predicted octanol–water partition coefficient (Wildman–Crippen LogP) is 0.508. The Labute approximate surface area is 51.0 Å². The van der Waals surface area contributed by atoms with Crippen molar-refractivity contribution in [3.63, 3.8) is 0 Å². The summed E-state index contributed by atoms with van der Waals surface area (Å²) in [6.45, 7) is 0. The topological polar surface area (TPSA) is 59.1 Å². The van der Waals surface area contributed by atoms with Crippen LogP contribution in [0.3, 0.4) is 0 Å². The number of hydrogen-bond acceptors (Lipinski definition) is 3. The molecule has 0 saturated heterocycles. The molecule has 1 aromatic heterocycles. The van der Waals surface area contributed by atoms with Crippen LogP contribution in [0.2, 0.25) is 0 Å². The van der Waals surface area contributed by atoms with E-state index in [0.717, 1.165) is 12.3 Å². The van der Waals surface area contributed by atoms with Gasteiger partial charge in [-0.2, -0.15) is 0 Å². The van der Waals surface area contributed by atoms with Crippen LogP contribution < -0.4 is 5.73 Å². The zero-order valence-electron chi connectivity index (χ0n) is 4.50. The van der Waals surface area contributed by atoms with Crippen molar-refractivity contribution in [2.45, 2.75) is 0 Å². The van der Waals surface area contributed by atoms with E-state index in [1.165, 1.54) is 0 Å². The van der Waals surface area contributed by atoms with Gasteiger partial charge < -0.3 is 10.8 Å². The van der Waals surface area contributed by atoms with Gasteiger partial charge in [-0.3, -0.25) is 0 Å². The lowest BCUT2D eigenvalue weighted by atomic mass is 10.4. The molecule has 1 aromatic rings. The van der Waals surface area contributed by atoms with E-state index < -0.39 is 5.82 Å². The number of aromatic hydroxyl groups is 1. The van der Waals surface area contributed by atoms with Crippen molar-refractivity contribution < 1.29 is 9.50 Å². The number of pyridine rings is 1. The Kier molecular flexibility index (Phi) is 1.22. The molecule has 1 heterocycles. The summed E-state index contributed by atoms with van der Waals surface area (Å²) in [5, 5.41) is 8.58. The molecule has 0 aliphatic heterocycles. The lowest BCUT2D eigenvalue weighted by Gasteiger charge is -1.93. The Balaban J connectivity index is 3.17. The number of rotatable bonds is 0. The van der Waals surface area contributed by atoms with Crippen LogP contribution in [0.1, 0.15) is 0 Å². The van der Waals surface area contributed by atoms with Crippen LogP contribution in [-0.4, -0.2) is 10.1 Å². The van der Waals surface area contributed by atoms with Crippen LogP contribution >= 0.6 is 0 Å². The van der Waals surface area contributed by atoms with Gasteiger partial charge in [-0.1, -0.05) is 0 Å². The van der Waals surface area contributed by atoms with Crippen molar-refractivity contribution in [1.29, 1.82) is 0 Å². The number of halogens is 1. The van der Waals surface area contributed by atoms with Gasteiger partial charge in [0.25, 0.3) is 0 Å². The first-order chi connectivity index (χ1) is 4.20. The maximum atomic E-state index is 12.2. The molecular formula is C5H5FN2O. The summed E-state index contributed by atoms with van der Waals surface area (Å²) in [5.74, 6) is -1.12. The maximum absolute atomic E-state index is 12.2. The average molecular weight is 128 g/mol. The number of nitrogen functional groups attached to an aromatic ring is 1. The smallest absolute Gasteiger partial charge is 0.168 e. The molecule has 0 aliphatic rings. The fraction of sp³-hybridized carbons (Fsp3) is 0. The highest BCUT2D eigenvalue weighted by Gasteiger charge is 1.97. The SMILES string of the molecule is Nc1ncc(O)cc1F. The summed E-state index contributed by atoms with van der Waals surface area (Å²) in [4.78, 5) is 3.33. The van der Waals surface area contributed by atoms with E-state index in [-0.39, 0.29) is 11.6 Å². The van der Waals surface area contributed by atoms with Crippen LogP contribution in [0.4, 0.5) is 10.2 Å². The Hall–Kier alpha value is -1.32. The molecule has 4 heteroatoms. The molecule has 9 heavy (non-hydrogen) atoms. The third kappa shape index (κ3) is 1.07. The van der Waals surface area contributed by atoms with Gasteiger partial charge in [0.15, 0.2) is 11.6 Å². The van der Waals surface area contributed by atoms with Gasteiger partial charge >= 0.3 is 0 Å². The lowest BCUT2D eigenvalue weighted by Crippen LogP contribution is -1.92. The van der Waals surface area contributed by atoms with Crippen molar-refractivity contribution in [3.8, 4) is 5.75 Å². The fourth-order valence-corrected chi connectivity index (χ4v) is 0.438. The first-order valence-corrected chi connectivity index (χ1v) is 2.30. The van der Waals surface area contributed by atoms with Crippen LogP contribution in [-0.2, 0) is 0 Å². The Morgan fingerprint density at radius 2 is 2.33 bits per heavy atom. The minimum absolute atomic E-state index is 0.201. The third-order valence-electron chi connectivity index (χ3n) is 0.855. The van der Waals surface area contributed by atoms with Crippen molar-refractivity contribution in [1.82, 2.24) is 4.98 Å². The molecule has 0 aromatic carbocycles. The molecule has 48 valence electrons. The van der Waals surface area contributed by atoms with E-state index >= 15 is 0 Å². The molecule has 0 bridgehead atoms. The zero-order chi connectivity index (χ0) is 6.85. The Morgan fingerprint density at radius 1 is 1.67 bits per heavy atom. The average Bonchev–Trinajstić information content (AvgIpc) is 1.80. The lowest BCUT2D eigenvalue weighted by molar-refractivity contribution is 0.466. The largest absolute Gasteiger partial charge is 0.506 e. The van der Waals surface area contributed by atoms with Gasteiger partial charge in [-0.25, -0.2) is 9.37 Å². The first kappa shape index (κ1) is 5.81. The number of nitrogens with two attached hydrogens (primary N) is 1. The molecule has 0 fully saturated rings. The van der Waals surface area contributed by atoms with E-state index in [2.05, 4.69) is 4.98 Å². The highest BCUT2D eigenvalue weighted by atomic mass is 19.1. The first-order valence-electron chi connectivity index (χ1n) is 2.30. The third-order valence-corrected chi connectivity index (χ3v) is 0.855. The quantitative estimate of drug-likeness (QED) is 0.535. The summed E-state index contributed by atoms with van der Waals surface area (Å²) in [7, 11) is 0. The Morgan fingerprint density at radius 3 is 2.78 bits per heavy atom. The number of aromatic nitrogens is 1. The molecule has 0 amide bonds. The molecule has 0 aliphatic carbocycles. The Bertz CT molecular complexity index is 226. The van der Waals surface area contributed by atoms with Gasteiger partial charge in [0.2, 0.25) is 0 Å². The summed E-state index contributed by atoms with van der Waals surface area (Å²) >= 11 is 0. The van der Waals surface area contributed by atoms with E-state index in [1.54, 1.807) is 0 Å². The summed E-state index contributed by atoms with van der Waals surface area (Å²) < 4.78 is 12.2. The van der Waals surface area contributed by atoms with E-state index in [4.69, 9.17) is 10.8 Å². The second-order valence-corrected chi connectivity index (χ2v) is 1.56. The fourth-order valence-electron chi connectivity index (χ4n) is 0.438. The number of anilines is 1. The molecule has 0 saturated carbocycles. The molecular weight excluding hydrogens is 123 g/mol. The minimum Gasteiger partial charge on any atom is -0.506 e. The summed E-state index contributed by atoms with van der Waals surface area (Å²) in [6, 6.07) is 0.905. The number of hydrogen-bond donors (Lipinski definition) is 2. The van der Waals surface area contributed by atoms with Gasteiger partial charge in [0, 0.05) is 6.07 Å². The number of nitrogens with zero attached hydrogens (tertiary/aromatic N) is 1. The normalized spacial score (nSPS) is 9.44. The molecule has 0 atom stereocenters. The van der Waals surface area contributed by atoms with Crippen LogP contribution in [0.5, 0.6) is 5.75 Å². The highest BCUT2D eigenvalue weighted by molar-refractivity contribution is 5.33. The second kappa shape index (κ2) is 1.89. The molecule has 3 nitrogen and oxygen atoms in total. The van der Waals surface area contributed by atoms with Crippen LogP contribution in [0.25, 0.3) is 0 Å². The second-order valence-electron chi connectivity index (χ2n) is 1.56. The van der Waals surface area contributed by atoms with Crippen LogP contribution in [0, 0.1) is 5.82 Å². The van der Waals surface area contributed by atoms with Gasteiger partial charge in [0.05, 0.1) is 6.20 Å². The summed E-state index contributed by atoms with van der Waals surface area (Å²) in [6.07, 6.45) is 1.08. The maximum Gasteiger partial charge on any atom is 0.168 e. The van der Waals surface area contributed by atoms with Crippen molar-refractivity contribution in [2.24, 2.45) is 0 Å². The van der Waals surface area contributed by atoms with Crippen LogP contribution in [0.15, 0.2) is 12.3 Å².